The topological polar surface area (TPSA) is 97.4 Å². The molecule has 1 atom stereocenters. The van der Waals surface area contributed by atoms with E-state index in [1.54, 1.807) is 6.07 Å². The van der Waals surface area contributed by atoms with Gasteiger partial charge >= 0.3 is 0 Å². The molecule has 0 saturated carbocycles. The van der Waals surface area contributed by atoms with E-state index in [9.17, 15) is 4.79 Å². The normalized spacial score (nSPS) is 12.0. The Morgan fingerprint density at radius 2 is 1.88 bits per heavy atom. The lowest BCUT2D eigenvalue weighted by molar-refractivity contribution is -0.123. The number of carbonyl (C=O) groups is 1. The van der Waals surface area contributed by atoms with Gasteiger partial charge in [-0.2, -0.15) is 5.26 Å². The lowest BCUT2D eigenvalue weighted by Crippen LogP contribution is -2.44. The summed E-state index contributed by atoms with van der Waals surface area (Å²) in [4.78, 5) is 11.7. The highest BCUT2D eigenvalue weighted by Gasteiger charge is 2.16. The van der Waals surface area contributed by atoms with Gasteiger partial charge in [-0.3, -0.25) is 4.79 Å². The summed E-state index contributed by atoms with van der Waals surface area (Å²) in [5.41, 5.74) is 6.39. The average Bonchev–Trinajstić information content (AvgIpc) is 2.65. The van der Waals surface area contributed by atoms with Gasteiger partial charge in [-0.25, -0.2) is 0 Å². The Hall–Kier alpha value is -2.62. The Kier molecular flexibility index (Phi) is 7.39. The fraction of sp³-hybridized carbons (Fsp3) is 0.400. The van der Waals surface area contributed by atoms with Crippen LogP contribution in [0.15, 0.2) is 36.4 Å². The second-order valence-electron chi connectivity index (χ2n) is 6.36. The minimum absolute atomic E-state index is 0.109. The average molecular weight is 355 g/mol. The first kappa shape index (κ1) is 19.7. The second-order valence-corrected chi connectivity index (χ2v) is 6.36. The Balaban J connectivity index is 1.66. The summed E-state index contributed by atoms with van der Waals surface area (Å²) in [6.07, 6.45) is 0. The number of rotatable bonds is 9. The van der Waals surface area contributed by atoms with Crippen molar-refractivity contribution in [1.29, 1.82) is 5.26 Å². The SMILES string of the molecule is CC(C)C(N)C(=O)NCCOCCOc1ccc2cc(C#N)ccc2c1. The van der Waals surface area contributed by atoms with E-state index in [0.717, 1.165) is 16.5 Å². The van der Waals surface area contributed by atoms with Crippen molar-refractivity contribution in [3.63, 3.8) is 0 Å². The van der Waals surface area contributed by atoms with Crippen LogP contribution < -0.4 is 15.8 Å². The van der Waals surface area contributed by atoms with Gasteiger partial charge in [-0.05, 0) is 41.0 Å². The quantitative estimate of drug-likeness (QED) is 0.672. The van der Waals surface area contributed by atoms with Crippen LogP contribution in [0.3, 0.4) is 0 Å². The maximum Gasteiger partial charge on any atom is 0.237 e. The van der Waals surface area contributed by atoms with E-state index in [1.165, 1.54) is 0 Å². The van der Waals surface area contributed by atoms with E-state index in [1.807, 2.05) is 44.2 Å². The molecule has 0 bridgehead atoms. The number of benzene rings is 2. The maximum absolute atomic E-state index is 11.7. The zero-order chi connectivity index (χ0) is 18.9. The molecule has 1 amide bonds. The van der Waals surface area contributed by atoms with Gasteiger partial charge < -0.3 is 20.5 Å². The standard InChI is InChI=1S/C20H25N3O3/c1-14(2)19(22)20(24)23-7-8-25-9-10-26-18-6-5-16-11-15(13-21)3-4-17(16)12-18/h3-6,11-12,14,19H,7-10,22H2,1-2H3,(H,23,24). The molecule has 3 N–H and O–H groups in total. The number of nitrogens with two attached hydrogens (primary N) is 1. The van der Waals surface area contributed by atoms with Gasteiger partial charge in [0.15, 0.2) is 0 Å². The van der Waals surface area contributed by atoms with Crippen molar-refractivity contribution >= 4 is 16.7 Å². The predicted octanol–water partition coefficient (Wildman–Crippen LogP) is 2.21. The highest BCUT2D eigenvalue weighted by molar-refractivity contribution is 5.85. The molecule has 0 aliphatic heterocycles. The lowest BCUT2D eigenvalue weighted by atomic mass is 10.1. The fourth-order valence-corrected chi connectivity index (χ4v) is 2.37. The minimum atomic E-state index is -0.490. The number of carbonyl (C=O) groups excluding carboxylic acids is 1. The summed E-state index contributed by atoms with van der Waals surface area (Å²) in [7, 11) is 0. The molecule has 6 heteroatoms. The Morgan fingerprint density at radius 1 is 1.15 bits per heavy atom. The third kappa shape index (κ3) is 5.73. The number of fused-ring (bicyclic) bond motifs is 1. The van der Waals surface area contributed by atoms with E-state index in [-0.39, 0.29) is 11.8 Å². The molecule has 0 saturated heterocycles. The van der Waals surface area contributed by atoms with Gasteiger partial charge in [0.25, 0.3) is 0 Å². The molecule has 0 fully saturated rings. The molecule has 2 rings (SSSR count). The molecular weight excluding hydrogens is 330 g/mol. The molecule has 6 nitrogen and oxygen atoms in total. The Morgan fingerprint density at radius 3 is 2.62 bits per heavy atom. The molecule has 2 aromatic carbocycles. The van der Waals surface area contributed by atoms with Gasteiger partial charge in [0.05, 0.1) is 30.9 Å². The fourth-order valence-electron chi connectivity index (χ4n) is 2.37. The van der Waals surface area contributed by atoms with Gasteiger partial charge in [0.1, 0.15) is 12.4 Å². The molecule has 0 spiro atoms. The lowest BCUT2D eigenvalue weighted by Gasteiger charge is -2.15. The van der Waals surface area contributed by atoms with Crippen molar-refractivity contribution in [3.8, 4) is 11.8 Å². The highest BCUT2D eigenvalue weighted by Crippen LogP contribution is 2.21. The summed E-state index contributed by atoms with van der Waals surface area (Å²) < 4.78 is 11.1. The summed E-state index contributed by atoms with van der Waals surface area (Å²) >= 11 is 0. The largest absolute Gasteiger partial charge is 0.491 e. The number of nitrogens with one attached hydrogen (secondary N) is 1. The Labute approximate surface area is 153 Å². The van der Waals surface area contributed by atoms with Crippen LogP contribution in [0.25, 0.3) is 10.8 Å². The van der Waals surface area contributed by atoms with Gasteiger partial charge in [0, 0.05) is 6.54 Å². The number of hydrogen-bond acceptors (Lipinski definition) is 5. The minimum Gasteiger partial charge on any atom is -0.491 e. The van der Waals surface area contributed by atoms with E-state index in [0.29, 0.717) is 31.9 Å². The maximum atomic E-state index is 11.7. The van der Waals surface area contributed by atoms with Crippen LogP contribution in [0.2, 0.25) is 0 Å². The van der Waals surface area contributed by atoms with Crippen molar-refractivity contribution < 1.29 is 14.3 Å². The van der Waals surface area contributed by atoms with Crippen molar-refractivity contribution in [2.24, 2.45) is 11.7 Å². The number of amides is 1. The smallest absolute Gasteiger partial charge is 0.237 e. The molecule has 0 aromatic heterocycles. The molecule has 138 valence electrons. The monoisotopic (exact) mass is 355 g/mol. The van der Waals surface area contributed by atoms with Crippen LogP contribution in [0.5, 0.6) is 5.75 Å². The van der Waals surface area contributed by atoms with E-state index in [4.69, 9.17) is 20.5 Å². The second kappa shape index (κ2) is 9.76. The first-order valence-electron chi connectivity index (χ1n) is 8.69. The van der Waals surface area contributed by atoms with Crippen LogP contribution in [0.1, 0.15) is 19.4 Å². The van der Waals surface area contributed by atoms with Crippen LogP contribution >= 0.6 is 0 Å². The third-order valence-corrected chi connectivity index (χ3v) is 4.00. The molecule has 0 radical (unpaired) electrons. The predicted molar refractivity (Wildman–Crippen MR) is 101 cm³/mol. The van der Waals surface area contributed by atoms with Crippen LogP contribution in [0, 0.1) is 17.2 Å². The zero-order valence-electron chi connectivity index (χ0n) is 15.2. The first-order chi connectivity index (χ1) is 12.5. The van der Waals surface area contributed by atoms with E-state index < -0.39 is 6.04 Å². The summed E-state index contributed by atoms with van der Waals surface area (Å²) in [6, 6.07) is 12.9. The van der Waals surface area contributed by atoms with Crippen LogP contribution in [-0.2, 0) is 9.53 Å². The van der Waals surface area contributed by atoms with E-state index in [2.05, 4.69) is 11.4 Å². The number of nitriles is 1. The number of hydrogen-bond donors (Lipinski definition) is 2. The van der Waals surface area contributed by atoms with Crippen molar-refractivity contribution in [2.45, 2.75) is 19.9 Å². The van der Waals surface area contributed by atoms with Gasteiger partial charge in [0.2, 0.25) is 5.91 Å². The molecule has 26 heavy (non-hydrogen) atoms. The number of ether oxygens (including phenoxy) is 2. The van der Waals surface area contributed by atoms with Crippen molar-refractivity contribution in [1.82, 2.24) is 5.32 Å². The summed E-state index contributed by atoms with van der Waals surface area (Å²) in [5.74, 6) is 0.704. The van der Waals surface area contributed by atoms with E-state index >= 15 is 0 Å². The van der Waals surface area contributed by atoms with Crippen molar-refractivity contribution in [2.75, 3.05) is 26.4 Å². The molecule has 0 aliphatic rings. The summed E-state index contributed by atoms with van der Waals surface area (Å²) in [6.45, 7) is 5.50. The van der Waals surface area contributed by atoms with Crippen molar-refractivity contribution in [3.05, 3.63) is 42.0 Å². The third-order valence-electron chi connectivity index (χ3n) is 4.00. The highest BCUT2D eigenvalue weighted by atomic mass is 16.5. The summed E-state index contributed by atoms with van der Waals surface area (Å²) in [5, 5.41) is 13.7. The first-order valence-corrected chi connectivity index (χ1v) is 8.69. The Bertz CT molecular complexity index is 783. The molecule has 2 aromatic rings. The van der Waals surface area contributed by atoms with Gasteiger partial charge in [-0.15, -0.1) is 0 Å². The molecule has 1 unspecified atom stereocenters. The number of nitrogens with zero attached hydrogens (tertiary/aromatic N) is 1. The van der Waals surface area contributed by atoms with Crippen LogP contribution in [0.4, 0.5) is 0 Å². The molecule has 0 heterocycles. The molecule has 0 aliphatic carbocycles. The van der Waals surface area contributed by atoms with Crippen LogP contribution in [-0.4, -0.2) is 38.3 Å². The van der Waals surface area contributed by atoms with Gasteiger partial charge in [-0.1, -0.05) is 26.0 Å². The zero-order valence-corrected chi connectivity index (χ0v) is 15.2. The molecular formula is C20H25N3O3.